The van der Waals surface area contributed by atoms with Gasteiger partial charge in [0.2, 0.25) is 0 Å². The number of aromatic nitrogens is 1. The van der Waals surface area contributed by atoms with Crippen LogP contribution in [0.4, 0.5) is 0 Å². The zero-order valence-electron chi connectivity index (χ0n) is 11.2. The van der Waals surface area contributed by atoms with Crippen LogP contribution >= 0.6 is 0 Å². The summed E-state index contributed by atoms with van der Waals surface area (Å²) in [5.41, 5.74) is 4.49. The highest BCUT2D eigenvalue weighted by molar-refractivity contribution is 5.94. The van der Waals surface area contributed by atoms with Crippen LogP contribution in [-0.2, 0) is 19.4 Å². The monoisotopic (exact) mass is 244 g/mol. The summed E-state index contributed by atoms with van der Waals surface area (Å²) in [7, 11) is 0. The SMILES string of the molecule is CC(C)N1CCn2c(cc3c2CC2(CC2)C3)C1=O. The van der Waals surface area contributed by atoms with Gasteiger partial charge >= 0.3 is 0 Å². The van der Waals surface area contributed by atoms with Crippen molar-refractivity contribution in [3.8, 4) is 0 Å². The van der Waals surface area contributed by atoms with Gasteiger partial charge in [0.25, 0.3) is 5.91 Å². The third-order valence-corrected chi connectivity index (χ3v) is 5.03. The Bertz CT molecular complexity index is 537. The van der Waals surface area contributed by atoms with Gasteiger partial charge in [-0.2, -0.15) is 0 Å². The van der Waals surface area contributed by atoms with Gasteiger partial charge in [-0.25, -0.2) is 0 Å². The second kappa shape index (κ2) is 3.19. The Morgan fingerprint density at radius 2 is 2.00 bits per heavy atom. The van der Waals surface area contributed by atoms with Crippen LogP contribution in [0.3, 0.4) is 0 Å². The van der Waals surface area contributed by atoms with Gasteiger partial charge in [-0.1, -0.05) is 0 Å². The van der Waals surface area contributed by atoms with Gasteiger partial charge in [-0.15, -0.1) is 0 Å². The molecule has 1 aliphatic heterocycles. The van der Waals surface area contributed by atoms with Crippen LogP contribution in [0.5, 0.6) is 0 Å². The molecule has 1 spiro atoms. The summed E-state index contributed by atoms with van der Waals surface area (Å²) in [6.45, 7) is 6.06. The van der Waals surface area contributed by atoms with Crippen molar-refractivity contribution in [2.75, 3.05) is 6.54 Å². The maximum atomic E-state index is 12.4. The van der Waals surface area contributed by atoms with Gasteiger partial charge in [0.05, 0.1) is 0 Å². The molecule has 1 aromatic rings. The van der Waals surface area contributed by atoms with Gasteiger partial charge in [0.1, 0.15) is 5.69 Å². The highest BCUT2D eigenvalue weighted by Crippen LogP contribution is 2.56. The molecule has 2 heterocycles. The largest absolute Gasteiger partial charge is 0.339 e. The number of hydrogen-bond acceptors (Lipinski definition) is 1. The van der Waals surface area contributed by atoms with Crippen molar-refractivity contribution in [3.05, 3.63) is 23.0 Å². The summed E-state index contributed by atoms with van der Waals surface area (Å²) in [6.07, 6.45) is 5.22. The zero-order valence-corrected chi connectivity index (χ0v) is 11.2. The molecule has 0 saturated heterocycles. The molecule has 0 atom stereocenters. The van der Waals surface area contributed by atoms with Crippen LogP contribution in [0.1, 0.15) is 48.4 Å². The molecule has 3 nitrogen and oxygen atoms in total. The molecule has 2 aliphatic carbocycles. The van der Waals surface area contributed by atoms with Crippen LogP contribution in [-0.4, -0.2) is 28.0 Å². The van der Waals surface area contributed by atoms with Crippen molar-refractivity contribution in [1.82, 2.24) is 9.47 Å². The predicted octanol–water partition coefficient (Wildman–Crippen LogP) is 2.23. The molecule has 18 heavy (non-hydrogen) atoms. The number of rotatable bonds is 1. The number of carbonyl (C=O) groups is 1. The van der Waals surface area contributed by atoms with Crippen LogP contribution in [0.2, 0.25) is 0 Å². The number of fused-ring (bicyclic) bond motifs is 3. The first kappa shape index (κ1) is 10.7. The van der Waals surface area contributed by atoms with Gasteiger partial charge in [-0.05, 0) is 56.6 Å². The fourth-order valence-electron chi connectivity index (χ4n) is 3.74. The Labute approximate surface area is 108 Å². The average molecular weight is 244 g/mol. The van der Waals surface area contributed by atoms with E-state index in [9.17, 15) is 4.79 Å². The molecule has 1 fully saturated rings. The molecule has 0 aromatic carbocycles. The summed E-state index contributed by atoms with van der Waals surface area (Å²) in [4.78, 5) is 14.4. The molecule has 1 saturated carbocycles. The van der Waals surface area contributed by atoms with Gasteiger partial charge in [0.15, 0.2) is 0 Å². The van der Waals surface area contributed by atoms with E-state index in [1.165, 1.54) is 36.9 Å². The van der Waals surface area contributed by atoms with E-state index in [0.717, 1.165) is 18.8 Å². The fraction of sp³-hybridized carbons (Fsp3) is 0.667. The predicted molar refractivity (Wildman–Crippen MR) is 69.7 cm³/mol. The van der Waals surface area contributed by atoms with E-state index in [2.05, 4.69) is 24.5 Å². The molecule has 0 unspecified atom stereocenters. The first-order chi connectivity index (χ1) is 8.60. The lowest BCUT2D eigenvalue weighted by Crippen LogP contribution is -2.44. The Balaban J connectivity index is 1.73. The first-order valence-electron chi connectivity index (χ1n) is 7.12. The van der Waals surface area contributed by atoms with E-state index < -0.39 is 0 Å². The third kappa shape index (κ3) is 1.28. The second-order valence-electron chi connectivity index (χ2n) is 6.60. The van der Waals surface area contributed by atoms with E-state index in [4.69, 9.17) is 0 Å². The van der Waals surface area contributed by atoms with Crippen molar-refractivity contribution >= 4 is 5.91 Å². The molecule has 3 heteroatoms. The molecule has 0 radical (unpaired) electrons. The number of nitrogens with zero attached hydrogens (tertiary/aromatic N) is 2. The van der Waals surface area contributed by atoms with Gasteiger partial charge in [0, 0.05) is 24.8 Å². The van der Waals surface area contributed by atoms with E-state index in [1.807, 2.05) is 4.90 Å². The summed E-state index contributed by atoms with van der Waals surface area (Å²) >= 11 is 0. The molecule has 4 rings (SSSR count). The van der Waals surface area contributed by atoms with Crippen LogP contribution in [0.15, 0.2) is 6.07 Å². The van der Waals surface area contributed by atoms with Crippen LogP contribution in [0.25, 0.3) is 0 Å². The zero-order chi connectivity index (χ0) is 12.5. The molecule has 96 valence electrons. The van der Waals surface area contributed by atoms with Crippen molar-refractivity contribution in [3.63, 3.8) is 0 Å². The molecule has 0 bridgehead atoms. The minimum atomic E-state index is 0.232. The van der Waals surface area contributed by atoms with Crippen molar-refractivity contribution in [2.45, 2.75) is 52.1 Å². The minimum absolute atomic E-state index is 0.232. The third-order valence-electron chi connectivity index (χ3n) is 5.03. The van der Waals surface area contributed by atoms with Gasteiger partial charge < -0.3 is 9.47 Å². The highest BCUT2D eigenvalue weighted by Gasteiger charge is 2.49. The highest BCUT2D eigenvalue weighted by atomic mass is 16.2. The first-order valence-corrected chi connectivity index (χ1v) is 7.12. The van der Waals surface area contributed by atoms with Crippen LogP contribution in [0, 0.1) is 5.41 Å². The van der Waals surface area contributed by atoms with Crippen LogP contribution < -0.4 is 0 Å². The summed E-state index contributed by atoms with van der Waals surface area (Å²) < 4.78 is 2.31. The van der Waals surface area contributed by atoms with E-state index >= 15 is 0 Å². The fourth-order valence-corrected chi connectivity index (χ4v) is 3.74. The number of hydrogen-bond donors (Lipinski definition) is 0. The smallest absolute Gasteiger partial charge is 0.270 e. The number of amides is 1. The van der Waals surface area contributed by atoms with Crippen molar-refractivity contribution < 1.29 is 4.79 Å². The van der Waals surface area contributed by atoms with Crippen molar-refractivity contribution in [2.24, 2.45) is 5.41 Å². The summed E-state index contributed by atoms with van der Waals surface area (Å²) in [6, 6.07) is 2.49. The number of carbonyl (C=O) groups excluding carboxylic acids is 1. The lowest BCUT2D eigenvalue weighted by molar-refractivity contribution is 0.0647. The van der Waals surface area contributed by atoms with Crippen molar-refractivity contribution in [1.29, 1.82) is 0 Å². The molecule has 3 aliphatic rings. The standard InChI is InChI=1S/C15H20N2O/c1-10(2)16-5-6-17-12(14(16)18)7-11-8-15(3-4-15)9-13(11)17/h7,10H,3-6,8-9H2,1-2H3. The average Bonchev–Trinajstić information content (AvgIpc) is 2.82. The van der Waals surface area contributed by atoms with E-state index in [-0.39, 0.29) is 5.91 Å². The summed E-state index contributed by atoms with van der Waals surface area (Å²) in [5, 5.41) is 0. The van der Waals surface area contributed by atoms with E-state index in [0.29, 0.717) is 11.5 Å². The summed E-state index contributed by atoms with van der Waals surface area (Å²) in [5.74, 6) is 0.232. The maximum absolute atomic E-state index is 12.4. The lowest BCUT2D eigenvalue weighted by Gasteiger charge is -2.32. The van der Waals surface area contributed by atoms with E-state index in [1.54, 1.807) is 0 Å². The minimum Gasteiger partial charge on any atom is -0.339 e. The lowest BCUT2D eigenvalue weighted by atomic mass is 10.0. The second-order valence-corrected chi connectivity index (χ2v) is 6.60. The molecular formula is C15H20N2O. The Hall–Kier alpha value is -1.25. The molecule has 1 amide bonds. The quantitative estimate of drug-likeness (QED) is 0.743. The Kier molecular flexibility index (Phi) is 1.89. The molecular weight excluding hydrogens is 224 g/mol. The molecule has 1 aromatic heterocycles. The topological polar surface area (TPSA) is 25.2 Å². The van der Waals surface area contributed by atoms with Gasteiger partial charge in [-0.3, -0.25) is 4.79 Å². The maximum Gasteiger partial charge on any atom is 0.270 e. The normalized spacial score (nSPS) is 23.7. The molecule has 0 N–H and O–H groups in total. The Morgan fingerprint density at radius 1 is 1.22 bits per heavy atom. The Morgan fingerprint density at radius 3 is 2.67 bits per heavy atom.